The van der Waals surface area contributed by atoms with Crippen LogP contribution in [0.1, 0.15) is 50.7 Å². The second kappa shape index (κ2) is 13.4. The number of hydrogen-bond acceptors (Lipinski definition) is 8. The van der Waals surface area contributed by atoms with Crippen molar-refractivity contribution in [1.29, 1.82) is 5.26 Å². The summed E-state index contributed by atoms with van der Waals surface area (Å²) in [4.78, 5) is 32.5. The lowest BCUT2D eigenvalue weighted by atomic mass is 9.71. The molecule has 11 heteroatoms. The van der Waals surface area contributed by atoms with Gasteiger partial charge in [0.05, 0.1) is 50.9 Å². The van der Waals surface area contributed by atoms with Gasteiger partial charge in [0, 0.05) is 76.1 Å². The number of anilines is 5. The van der Waals surface area contributed by atoms with Crippen LogP contribution in [-0.4, -0.2) is 55.8 Å². The van der Waals surface area contributed by atoms with Crippen LogP contribution >= 0.6 is 0 Å². The number of halogens is 1. The number of nitro benzene ring substituents is 1. The van der Waals surface area contributed by atoms with E-state index in [0.717, 1.165) is 91.6 Å². The van der Waals surface area contributed by atoms with Crippen molar-refractivity contribution >= 4 is 45.0 Å². The van der Waals surface area contributed by atoms with Gasteiger partial charge < -0.3 is 24.2 Å². The van der Waals surface area contributed by atoms with Crippen molar-refractivity contribution in [3.63, 3.8) is 0 Å². The highest BCUT2D eigenvalue weighted by Crippen LogP contribution is 2.46. The number of non-ortho nitro benzene ring substituents is 1. The molecule has 4 heterocycles. The number of fused-ring (bicyclic) bond motifs is 2. The van der Waals surface area contributed by atoms with Crippen LogP contribution in [0.4, 0.5) is 38.5 Å². The van der Waals surface area contributed by atoms with Crippen molar-refractivity contribution in [1.82, 2.24) is 4.57 Å². The molecule has 3 aromatic carbocycles. The summed E-state index contributed by atoms with van der Waals surface area (Å²) in [7, 11) is 3.91. The molecule has 0 amide bonds. The highest BCUT2D eigenvalue weighted by atomic mass is 19.1. The quantitative estimate of drug-likeness (QED) is 0.166. The Balaban J connectivity index is 0.00000205. The Bertz CT molecular complexity index is 2000. The summed E-state index contributed by atoms with van der Waals surface area (Å²) >= 11 is 0. The first-order chi connectivity index (χ1) is 23.6. The fraction of sp³-hybridized carbons (Fsp3) is 0.421. The lowest BCUT2D eigenvalue weighted by Crippen LogP contribution is -2.47. The molecule has 0 saturated carbocycles. The van der Waals surface area contributed by atoms with Crippen LogP contribution in [0.15, 0.2) is 59.4 Å². The fourth-order valence-corrected chi connectivity index (χ4v) is 7.79. The molecule has 0 atom stereocenters. The summed E-state index contributed by atoms with van der Waals surface area (Å²) in [5.41, 5.74) is 6.67. The molecular weight excluding hydrogens is 621 g/mol. The predicted octanol–water partition coefficient (Wildman–Crippen LogP) is 7.27. The van der Waals surface area contributed by atoms with E-state index in [1.54, 1.807) is 4.57 Å². The van der Waals surface area contributed by atoms with Crippen molar-refractivity contribution in [2.45, 2.75) is 46.5 Å². The van der Waals surface area contributed by atoms with E-state index in [1.807, 2.05) is 57.0 Å². The maximum Gasteiger partial charge on any atom is 0.272 e. The monoisotopic (exact) mass is 665 g/mol. The largest absolute Gasteiger partial charge is 0.371 e. The van der Waals surface area contributed by atoms with Gasteiger partial charge in [-0.05, 0) is 80.5 Å². The average molecular weight is 666 g/mol. The molecule has 3 aliphatic heterocycles. The molecule has 0 radical (unpaired) electrons. The lowest BCUT2D eigenvalue weighted by molar-refractivity contribution is -0.385. The molecule has 10 nitrogen and oxygen atoms in total. The number of hydrogen-bond donors (Lipinski definition) is 0. The van der Waals surface area contributed by atoms with Crippen LogP contribution in [0.3, 0.4) is 0 Å². The Labute approximate surface area is 286 Å². The zero-order valence-electron chi connectivity index (χ0n) is 29.0. The molecule has 0 N–H and O–H groups in total. The van der Waals surface area contributed by atoms with E-state index in [-0.39, 0.29) is 16.7 Å². The standard InChI is InChI=1S/C36H38FN7O3.C2H6/c1-24-18-28-32(40(3)35(24)45)21-27(22-33(28)43-17-16-39(2)31-6-4-25(23-38)19-34(31)43)41-12-8-36(9-13-41)10-14-42(15-11-36)30-7-5-26(44(46)47)20-29(30)37;1-2/h4-7,18-22H,8-17H2,1-3H3;1-2H3. The maximum absolute atomic E-state index is 14.8. The van der Waals surface area contributed by atoms with Crippen LogP contribution in [0.2, 0.25) is 0 Å². The molecule has 1 aromatic heterocycles. The molecule has 49 heavy (non-hydrogen) atoms. The zero-order chi connectivity index (χ0) is 35.0. The number of aryl methyl sites for hydroxylation is 2. The first kappa shape index (κ1) is 33.8. The van der Waals surface area contributed by atoms with Crippen LogP contribution < -0.4 is 25.2 Å². The molecule has 256 valence electrons. The van der Waals surface area contributed by atoms with Crippen LogP contribution in [-0.2, 0) is 7.05 Å². The maximum atomic E-state index is 14.8. The summed E-state index contributed by atoms with van der Waals surface area (Å²) in [5.74, 6) is -0.548. The second-order valence-electron chi connectivity index (χ2n) is 13.3. The summed E-state index contributed by atoms with van der Waals surface area (Å²) in [6, 6.07) is 18.4. The number of piperidine rings is 2. The van der Waals surface area contributed by atoms with Gasteiger partial charge in [-0.15, -0.1) is 0 Å². The van der Waals surface area contributed by atoms with Gasteiger partial charge in [-0.3, -0.25) is 14.9 Å². The number of likely N-dealkylation sites (N-methyl/N-ethyl adjacent to an activating group) is 1. The molecule has 0 bridgehead atoms. The zero-order valence-corrected chi connectivity index (χ0v) is 29.0. The minimum absolute atomic E-state index is 0.0139. The smallest absolute Gasteiger partial charge is 0.272 e. The van der Waals surface area contributed by atoms with Gasteiger partial charge in [-0.2, -0.15) is 5.26 Å². The Kier molecular flexibility index (Phi) is 9.25. The van der Waals surface area contributed by atoms with Crippen LogP contribution in [0.25, 0.3) is 10.9 Å². The highest BCUT2D eigenvalue weighted by molar-refractivity contribution is 5.99. The van der Waals surface area contributed by atoms with E-state index in [2.05, 4.69) is 39.9 Å². The molecule has 3 aliphatic rings. The Morgan fingerprint density at radius 3 is 2.10 bits per heavy atom. The van der Waals surface area contributed by atoms with Crippen molar-refractivity contribution in [3.8, 4) is 6.07 Å². The number of nitriles is 1. The topological polar surface area (TPSA) is 102 Å². The molecular formula is C38H44FN7O3. The second-order valence-corrected chi connectivity index (χ2v) is 13.3. The summed E-state index contributed by atoms with van der Waals surface area (Å²) in [6.07, 6.45) is 3.89. The van der Waals surface area contributed by atoms with Gasteiger partial charge in [0.25, 0.3) is 11.2 Å². The average Bonchev–Trinajstić information content (AvgIpc) is 3.12. The van der Waals surface area contributed by atoms with E-state index in [4.69, 9.17) is 0 Å². The van der Waals surface area contributed by atoms with Gasteiger partial charge in [0.15, 0.2) is 5.82 Å². The third kappa shape index (κ3) is 6.16. The van der Waals surface area contributed by atoms with Gasteiger partial charge in [0.2, 0.25) is 0 Å². The predicted molar refractivity (Wildman–Crippen MR) is 195 cm³/mol. The van der Waals surface area contributed by atoms with E-state index < -0.39 is 10.7 Å². The van der Waals surface area contributed by atoms with E-state index >= 15 is 0 Å². The normalized spacial score (nSPS) is 17.0. The minimum atomic E-state index is -0.570. The summed E-state index contributed by atoms with van der Waals surface area (Å²) in [6.45, 7) is 10.6. The first-order valence-corrected chi connectivity index (χ1v) is 17.2. The number of nitro groups is 1. The first-order valence-electron chi connectivity index (χ1n) is 17.2. The molecule has 7 rings (SSSR count). The number of benzene rings is 3. The number of rotatable bonds is 4. The van der Waals surface area contributed by atoms with E-state index in [1.165, 1.54) is 12.1 Å². The third-order valence-electron chi connectivity index (χ3n) is 10.7. The number of nitrogens with zero attached hydrogens (tertiary/aromatic N) is 7. The molecule has 0 aliphatic carbocycles. The minimum Gasteiger partial charge on any atom is -0.371 e. The van der Waals surface area contributed by atoms with Crippen molar-refractivity contribution in [2.24, 2.45) is 12.5 Å². The van der Waals surface area contributed by atoms with Crippen LogP contribution in [0, 0.1) is 39.6 Å². The summed E-state index contributed by atoms with van der Waals surface area (Å²) < 4.78 is 16.5. The Hall–Kier alpha value is -5.11. The van der Waals surface area contributed by atoms with E-state index in [0.29, 0.717) is 29.9 Å². The van der Waals surface area contributed by atoms with Crippen LogP contribution in [0.5, 0.6) is 0 Å². The van der Waals surface area contributed by atoms with Crippen molar-refractivity contribution in [3.05, 3.63) is 92.0 Å². The highest BCUT2D eigenvalue weighted by Gasteiger charge is 2.38. The molecule has 2 fully saturated rings. The van der Waals surface area contributed by atoms with Gasteiger partial charge >= 0.3 is 0 Å². The Morgan fingerprint density at radius 1 is 0.816 bits per heavy atom. The van der Waals surface area contributed by atoms with Crippen molar-refractivity contribution in [2.75, 3.05) is 65.9 Å². The SMILES string of the molecule is CC.Cc1cc2c(N3CCN(C)c4ccc(C#N)cc43)cc(N3CCC4(CC3)CCN(c3ccc([N+](=O)[O-])cc3F)CC4)cc2n(C)c1=O. The Morgan fingerprint density at radius 2 is 1.47 bits per heavy atom. The fourth-order valence-electron chi connectivity index (χ4n) is 7.79. The molecule has 4 aromatic rings. The third-order valence-corrected chi connectivity index (χ3v) is 10.7. The number of pyridine rings is 1. The van der Waals surface area contributed by atoms with Gasteiger partial charge in [-0.1, -0.05) is 13.8 Å². The van der Waals surface area contributed by atoms with Crippen molar-refractivity contribution < 1.29 is 9.31 Å². The van der Waals surface area contributed by atoms with Gasteiger partial charge in [-0.25, -0.2) is 4.39 Å². The molecule has 2 saturated heterocycles. The molecule has 0 unspecified atom stereocenters. The van der Waals surface area contributed by atoms with E-state index in [9.17, 15) is 24.6 Å². The summed E-state index contributed by atoms with van der Waals surface area (Å²) in [5, 5.41) is 21.8. The van der Waals surface area contributed by atoms with Gasteiger partial charge in [0.1, 0.15) is 0 Å². The lowest BCUT2D eigenvalue weighted by Gasteiger charge is -2.48. The number of aromatic nitrogens is 1. The molecule has 1 spiro atoms.